The fourth-order valence-corrected chi connectivity index (χ4v) is 2.09. The molecule has 2 unspecified atom stereocenters. The number of carbonyl (C=O) groups is 1. The van der Waals surface area contributed by atoms with Crippen LogP contribution in [0.2, 0.25) is 0 Å². The van der Waals surface area contributed by atoms with Crippen LogP contribution in [0.3, 0.4) is 0 Å². The van der Waals surface area contributed by atoms with Crippen molar-refractivity contribution in [2.75, 3.05) is 0 Å². The molecule has 0 saturated heterocycles. The van der Waals surface area contributed by atoms with Crippen molar-refractivity contribution in [3.63, 3.8) is 0 Å². The van der Waals surface area contributed by atoms with E-state index >= 15 is 0 Å². The van der Waals surface area contributed by atoms with Crippen molar-refractivity contribution in [1.82, 2.24) is 10.3 Å². The van der Waals surface area contributed by atoms with Crippen molar-refractivity contribution >= 4 is 21.8 Å². The van der Waals surface area contributed by atoms with Gasteiger partial charge in [0, 0.05) is 23.3 Å². The van der Waals surface area contributed by atoms with E-state index in [0.717, 1.165) is 12.0 Å². The summed E-state index contributed by atoms with van der Waals surface area (Å²) >= 11 is 3.47. The highest BCUT2D eigenvalue weighted by Crippen LogP contribution is 2.08. The van der Waals surface area contributed by atoms with E-state index in [2.05, 4.69) is 33.2 Å². The molecule has 3 nitrogen and oxygen atoms in total. The molecule has 2 atom stereocenters. The summed E-state index contributed by atoms with van der Waals surface area (Å²) in [4.78, 5) is 16.2. The summed E-state index contributed by atoms with van der Waals surface area (Å²) in [5, 5.41) is 2.95. The van der Waals surface area contributed by atoms with Crippen molar-refractivity contribution in [2.24, 2.45) is 0 Å². The van der Waals surface area contributed by atoms with E-state index in [1.807, 2.05) is 19.9 Å². The van der Waals surface area contributed by atoms with E-state index in [-0.39, 0.29) is 11.9 Å². The van der Waals surface area contributed by atoms with E-state index in [1.54, 1.807) is 12.4 Å². The second-order valence-electron chi connectivity index (χ2n) is 4.14. The van der Waals surface area contributed by atoms with Crippen molar-refractivity contribution in [1.29, 1.82) is 0 Å². The molecule has 1 aromatic rings. The number of halogens is 1. The summed E-state index contributed by atoms with van der Waals surface area (Å²) in [6, 6.07) is 1.99. The number of alkyl halides is 1. The zero-order valence-electron chi connectivity index (χ0n) is 9.83. The van der Waals surface area contributed by atoms with Crippen LogP contribution in [0.25, 0.3) is 0 Å². The Morgan fingerprint density at radius 2 is 2.19 bits per heavy atom. The lowest BCUT2D eigenvalue weighted by Gasteiger charge is -2.15. The predicted molar refractivity (Wildman–Crippen MR) is 68.9 cm³/mol. The number of rotatable bonds is 4. The van der Waals surface area contributed by atoms with Crippen molar-refractivity contribution < 1.29 is 4.79 Å². The summed E-state index contributed by atoms with van der Waals surface area (Å²) in [5.74, 6) is -0.0585. The zero-order valence-corrected chi connectivity index (χ0v) is 11.4. The fourth-order valence-electron chi connectivity index (χ4n) is 1.53. The fraction of sp³-hybridized carbons (Fsp3) is 0.500. The number of carbonyl (C=O) groups excluding carboxylic acids is 1. The number of aryl methyl sites for hydroxylation is 1. The van der Waals surface area contributed by atoms with Crippen LogP contribution in [-0.4, -0.2) is 21.8 Å². The topological polar surface area (TPSA) is 42.0 Å². The van der Waals surface area contributed by atoms with E-state index < -0.39 is 0 Å². The Balaban J connectivity index is 2.59. The number of aromatic nitrogens is 1. The van der Waals surface area contributed by atoms with Gasteiger partial charge in [-0.25, -0.2) is 0 Å². The minimum atomic E-state index is -0.0585. The van der Waals surface area contributed by atoms with Gasteiger partial charge in [-0.1, -0.05) is 22.9 Å². The molecule has 0 aliphatic carbocycles. The Bertz CT molecular complexity index is 366. The van der Waals surface area contributed by atoms with Gasteiger partial charge in [-0.3, -0.25) is 9.78 Å². The van der Waals surface area contributed by atoms with Crippen LogP contribution in [0.5, 0.6) is 0 Å². The smallest absolute Gasteiger partial charge is 0.253 e. The van der Waals surface area contributed by atoms with Gasteiger partial charge in [-0.15, -0.1) is 0 Å². The Morgan fingerprint density at radius 3 is 2.75 bits per heavy atom. The molecule has 1 amide bonds. The lowest BCUT2D eigenvalue weighted by atomic mass is 10.1. The Kier molecular flexibility index (Phi) is 4.93. The second-order valence-corrected chi connectivity index (χ2v) is 5.71. The van der Waals surface area contributed by atoms with E-state index in [4.69, 9.17) is 0 Å². The lowest BCUT2D eigenvalue weighted by molar-refractivity contribution is 0.0938. The minimum Gasteiger partial charge on any atom is -0.349 e. The van der Waals surface area contributed by atoms with Crippen LogP contribution in [0.4, 0.5) is 0 Å². The molecular formula is C12H17BrN2O. The molecule has 0 spiro atoms. The van der Waals surface area contributed by atoms with E-state index in [1.165, 1.54) is 0 Å². The molecule has 1 aromatic heterocycles. The molecule has 1 heterocycles. The maximum atomic E-state index is 11.8. The third-order valence-corrected chi connectivity index (χ3v) is 2.57. The number of hydrogen-bond donors (Lipinski definition) is 1. The first-order valence-electron chi connectivity index (χ1n) is 5.35. The average Bonchev–Trinajstić information content (AvgIpc) is 2.16. The molecule has 0 aromatic carbocycles. The van der Waals surface area contributed by atoms with Gasteiger partial charge in [0.1, 0.15) is 0 Å². The van der Waals surface area contributed by atoms with Crippen LogP contribution >= 0.6 is 15.9 Å². The van der Waals surface area contributed by atoms with Crippen molar-refractivity contribution in [3.8, 4) is 0 Å². The number of amides is 1. The van der Waals surface area contributed by atoms with Gasteiger partial charge in [-0.05, 0) is 31.9 Å². The molecule has 0 saturated carbocycles. The number of nitrogens with one attached hydrogen (secondary N) is 1. The molecule has 1 rings (SSSR count). The van der Waals surface area contributed by atoms with Crippen LogP contribution < -0.4 is 5.32 Å². The van der Waals surface area contributed by atoms with Crippen LogP contribution in [-0.2, 0) is 0 Å². The maximum absolute atomic E-state index is 11.8. The Hall–Kier alpha value is -0.900. The van der Waals surface area contributed by atoms with Gasteiger partial charge >= 0.3 is 0 Å². The minimum absolute atomic E-state index is 0.0585. The first kappa shape index (κ1) is 13.2. The van der Waals surface area contributed by atoms with Gasteiger partial charge in [0.2, 0.25) is 0 Å². The third-order valence-electron chi connectivity index (χ3n) is 2.19. The Labute approximate surface area is 105 Å². The van der Waals surface area contributed by atoms with Gasteiger partial charge < -0.3 is 5.32 Å². The molecule has 1 N–H and O–H groups in total. The van der Waals surface area contributed by atoms with Gasteiger partial charge in [0.15, 0.2) is 0 Å². The first-order valence-corrected chi connectivity index (χ1v) is 6.27. The molecule has 4 heteroatoms. The summed E-state index contributed by atoms with van der Waals surface area (Å²) in [7, 11) is 0. The molecular weight excluding hydrogens is 268 g/mol. The van der Waals surface area contributed by atoms with E-state index in [0.29, 0.717) is 10.4 Å². The predicted octanol–water partition coefficient (Wildman–Crippen LogP) is 2.68. The summed E-state index contributed by atoms with van der Waals surface area (Å²) < 4.78 is 0. The summed E-state index contributed by atoms with van der Waals surface area (Å²) in [5.41, 5.74) is 1.61. The first-order chi connectivity index (χ1) is 7.49. The van der Waals surface area contributed by atoms with Crippen LogP contribution in [0, 0.1) is 6.92 Å². The SMILES string of the molecule is Cc1cncc(C(=O)NC(C)CC(C)Br)c1. The molecule has 16 heavy (non-hydrogen) atoms. The van der Waals surface area contributed by atoms with Gasteiger partial charge in [-0.2, -0.15) is 0 Å². The largest absolute Gasteiger partial charge is 0.349 e. The molecule has 0 bridgehead atoms. The molecule has 88 valence electrons. The Morgan fingerprint density at radius 1 is 1.50 bits per heavy atom. The quantitative estimate of drug-likeness (QED) is 0.864. The summed E-state index contributed by atoms with van der Waals surface area (Å²) in [6.45, 7) is 5.99. The average molecular weight is 285 g/mol. The normalized spacial score (nSPS) is 14.2. The van der Waals surface area contributed by atoms with Gasteiger partial charge in [0.05, 0.1) is 5.56 Å². The molecule has 0 fully saturated rings. The highest BCUT2D eigenvalue weighted by atomic mass is 79.9. The number of pyridine rings is 1. The molecule has 0 aliphatic rings. The van der Waals surface area contributed by atoms with Crippen LogP contribution in [0.1, 0.15) is 36.2 Å². The maximum Gasteiger partial charge on any atom is 0.253 e. The molecule has 0 aliphatic heterocycles. The van der Waals surface area contributed by atoms with Crippen molar-refractivity contribution in [3.05, 3.63) is 29.6 Å². The number of hydrogen-bond acceptors (Lipinski definition) is 2. The van der Waals surface area contributed by atoms with E-state index in [9.17, 15) is 4.79 Å². The lowest BCUT2D eigenvalue weighted by Crippen LogP contribution is -2.33. The van der Waals surface area contributed by atoms with Gasteiger partial charge in [0.25, 0.3) is 5.91 Å². The number of nitrogens with zero attached hydrogens (tertiary/aromatic N) is 1. The zero-order chi connectivity index (χ0) is 12.1. The second kappa shape index (κ2) is 5.99. The molecule has 0 radical (unpaired) electrons. The highest BCUT2D eigenvalue weighted by Gasteiger charge is 2.11. The van der Waals surface area contributed by atoms with Crippen molar-refractivity contribution in [2.45, 2.75) is 38.1 Å². The third kappa shape index (κ3) is 4.31. The monoisotopic (exact) mass is 284 g/mol. The van der Waals surface area contributed by atoms with Crippen LogP contribution in [0.15, 0.2) is 18.5 Å². The standard InChI is InChI=1S/C12H17BrN2O/c1-8-4-11(7-14-6-8)12(16)15-10(3)5-9(2)13/h4,6-7,9-10H,5H2,1-3H3,(H,15,16). The summed E-state index contributed by atoms with van der Waals surface area (Å²) in [6.07, 6.45) is 4.23. The highest BCUT2D eigenvalue weighted by molar-refractivity contribution is 9.09.